The van der Waals surface area contributed by atoms with Crippen LogP contribution in [-0.4, -0.2) is 23.4 Å². The number of benzene rings is 1. The molecular formula is C18H22FN3O2. The molecule has 2 aliphatic rings. The second-order valence-electron chi connectivity index (χ2n) is 6.72. The van der Waals surface area contributed by atoms with Gasteiger partial charge in [-0.2, -0.15) is 0 Å². The molecule has 4 rings (SSSR count). The van der Waals surface area contributed by atoms with Crippen LogP contribution in [-0.2, 0) is 16.8 Å². The Kier molecular flexibility index (Phi) is 4.33. The average molecular weight is 331 g/mol. The Balaban J connectivity index is 1.49. The summed E-state index contributed by atoms with van der Waals surface area (Å²) in [5, 5.41) is 11.9. The largest absolute Gasteiger partial charge is 0.424 e. The van der Waals surface area contributed by atoms with Gasteiger partial charge in [0.25, 0.3) is 0 Å². The Morgan fingerprint density at radius 3 is 2.54 bits per heavy atom. The first-order valence-electron chi connectivity index (χ1n) is 8.66. The van der Waals surface area contributed by atoms with Gasteiger partial charge in [0.05, 0.1) is 6.54 Å². The SMILES string of the molecule is Fc1ccc(C2(NCc3nnc(C4CCC4)o3)CCOCC2)cc1. The number of aromatic nitrogens is 2. The van der Waals surface area contributed by atoms with Gasteiger partial charge in [0, 0.05) is 24.7 Å². The van der Waals surface area contributed by atoms with Crippen LogP contribution in [0.2, 0.25) is 0 Å². The Bertz CT molecular complexity index is 676. The number of hydrogen-bond acceptors (Lipinski definition) is 5. The van der Waals surface area contributed by atoms with Crippen molar-refractivity contribution in [1.29, 1.82) is 0 Å². The lowest BCUT2D eigenvalue weighted by Gasteiger charge is -2.38. The van der Waals surface area contributed by atoms with Crippen molar-refractivity contribution in [2.75, 3.05) is 13.2 Å². The Labute approximate surface area is 140 Å². The molecule has 0 atom stereocenters. The summed E-state index contributed by atoms with van der Waals surface area (Å²) >= 11 is 0. The number of rotatable bonds is 5. The zero-order valence-corrected chi connectivity index (χ0v) is 13.6. The predicted molar refractivity (Wildman–Crippen MR) is 85.9 cm³/mol. The molecule has 24 heavy (non-hydrogen) atoms. The molecule has 2 fully saturated rings. The highest BCUT2D eigenvalue weighted by atomic mass is 19.1. The van der Waals surface area contributed by atoms with Crippen LogP contribution in [0.25, 0.3) is 0 Å². The van der Waals surface area contributed by atoms with Gasteiger partial charge in [-0.05, 0) is 43.4 Å². The fourth-order valence-corrected chi connectivity index (χ4v) is 3.46. The van der Waals surface area contributed by atoms with E-state index in [2.05, 4.69) is 15.5 Å². The van der Waals surface area contributed by atoms with E-state index in [1.54, 1.807) is 0 Å². The van der Waals surface area contributed by atoms with Crippen LogP contribution in [0.5, 0.6) is 0 Å². The van der Waals surface area contributed by atoms with E-state index in [1.165, 1.54) is 18.6 Å². The standard InChI is InChI=1S/C18H22FN3O2/c19-15-6-4-14(5-7-15)18(8-10-23-11-9-18)20-12-16-21-22-17(24-16)13-2-1-3-13/h4-7,13,20H,1-3,8-12H2. The highest BCUT2D eigenvalue weighted by Crippen LogP contribution is 2.36. The van der Waals surface area contributed by atoms with Crippen LogP contribution in [0, 0.1) is 5.82 Å². The number of halogens is 1. The molecule has 0 spiro atoms. The number of nitrogens with zero attached hydrogens (tertiary/aromatic N) is 2. The molecule has 128 valence electrons. The van der Waals surface area contributed by atoms with Crippen molar-refractivity contribution in [1.82, 2.24) is 15.5 Å². The Hall–Kier alpha value is -1.79. The van der Waals surface area contributed by atoms with Crippen molar-refractivity contribution in [3.05, 3.63) is 47.4 Å². The summed E-state index contributed by atoms with van der Waals surface area (Å²) in [4.78, 5) is 0. The van der Waals surface area contributed by atoms with Gasteiger partial charge in [-0.1, -0.05) is 18.6 Å². The molecule has 0 amide bonds. The minimum absolute atomic E-state index is 0.219. The minimum Gasteiger partial charge on any atom is -0.424 e. The molecule has 2 heterocycles. The second kappa shape index (κ2) is 6.61. The first kappa shape index (κ1) is 15.7. The van der Waals surface area contributed by atoms with E-state index >= 15 is 0 Å². The van der Waals surface area contributed by atoms with Gasteiger partial charge in [-0.25, -0.2) is 4.39 Å². The lowest BCUT2D eigenvalue weighted by Crippen LogP contribution is -2.46. The van der Waals surface area contributed by atoms with Crippen molar-refractivity contribution < 1.29 is 13.5 Å². The molecule has 1 aliphatic carbocycles. The summed E-state index contributed by atoms with van der Waals surface area (Å²) in [5.74, 6) is 1.61. The Morgan fingerprint density at radius 2 is 1.88 bits per heavy atom. The molecule has 5 nitrogen and oxygen atoms in total. The fourth-order valence-electron chi connectivity index (χ4n) is 3.46. The van der Waals surface area contributed by atoms with Crippen molar-refractivity contribution in [2.24, 2.45) is 0 Å². The molecule has 1 aromatic heterocycles. The number of nitrogens with one attached hydrogen (secondary N) is 1. The second-order valence-corrected chi connectivity index (χ2v) is 6.72. The topological polar surface area (TPSA) is 60.2 Å². The summed E-state index contributed by atoms with van der Waals surface area (Å²) in [6.07, 6.45) is 5.21. The summed E-state index contributed by atoms with van der Waals surface area (Å²) in [6, 6.07) is 6.72. The molecule has 6 heteroatoms. The van der Waals surface area contributed by atoms with Gasteiger partial charge in [-0.3, -0.25) is 5.32 Å². The zero-order valence-electron chi connectivity index (χ0n) is 13.6. The highest BCUT2D eigenvalue weighted by molar-refractivity contribution is 5.26. The van der Waals surface area contributed by atoms with E-state index < -0.39 is 0 Å². The number of hydrogen-bond donors (Lipinski definition) is 1. The van der Waals surface area contributed by atoms with Crippen molar-refractivity contribution >= 4 is 0 Å². The van der Waals surface area contributed by atoms with Crippen molar-refractivity contribution in [3.8, 4) is 0 Å². The van der Waals surface area contributed by atoms with E-state index in [1.807, 2.05) is 12.1 Å². The van der Waals surface area contributed by atoms with Gasteiger partial charge in [0.1, 0.15) is 5.82 Å². The van der Waals surface area contributed by atoms with Crippen LogP contribution in [0.1, 0.15) is 55.4 Å². The monoisotopic (exact) mass is 331 g/mol. The molecule has 1 N–H and O–H groups in total. The van der Waals surface area contributed by atoms with Gasteiger partial charge < -0.3 is 9.15 Å². The molecule has 0 radical (unpaired) electrons. The lowest BCUT2D eigenvalue weighted by molar-refractivity contribution is 0.0347. The van der Waals surface area contributed by atoms with E-state index in [0.29, 0.717) is 31.6 Å². The molecule has 0 bridgehead atoms. The third-order valence-corrected chi connectivity index (χ3v) is 5.26. The van der Waals surface area contributed by atoms with Crippen molar-refractivity contribution in [3.63, 3.8) is 0 Å². The van der Waals surface area contributed by atoms with Crippen LogP contribution in [0.3, 0.4) is 0 Å². The fraction of sp³-hybridized carbons (Fsp3) is 0.556. The number of ether oxygens (including phenoxy) is 1. The molecule has 1 aromatic carbocycles. The van der Waals surface area contributed by atoms with Crippen LogP contribution >= 0.6 is 0 Å². The summed E-state index contributed by atoms with van der Waals surface area (Å²) in [6.45, 7) is 1.88. The summed E-state index contributed by atoms with van der Waals surface area (Å²) in [5.41, 5.74) is 0.836. The predicted octanol–water partition coefficient (Wildman–Crippen LogP) is 3.27. The maximum atomic E-state index is 13.3. The smallest absolute Gasteiger partial charge is 0.230 e. The lowest BCUT2D eigenvalue weighted by atomic mass is 9.82. The van der Waals surface area contributed by atoms with Crippen molar-refractivity contribution in [2.45, 2.75) is 50.1 Å². The van der Waals surface area contributed by atoms with Crippen LogP contribution < -0.4 is 5.32 Å². The van der Waals surface area contributed by atoms with E-state index in [-0.39, 0.29) is 11.4 Å². The normalized spacial score (nSPS) is 20.7. The molecule has 1 aliphatic heterocycles. The van der Waals surface area contributed by atoms with E-state index in [9.17, 15) is 4.39 Å². The molecular weight excluding hydrogens is 309 g/mol. The first-order chi connectivity index (χ1) is 11.8. The summed E-state index contributed by atoms with van der Waals surface area (Å²) < 4.78 is 24.6. The van der Waals surface area contributed by atoms with Gasteiger partial charge in [0.2, 0.25) is 11.8 Å². The molecule has 0 unspecified atom stereocenters. The van der Waals surface area contributed by atoms with E-state index in [0.717, 1.165) is 37.1 Å². The first-order valence-corrected chi connectivity index (χ1v) is 8.66. The van der Waals surface area contributed by atoms with Crippen LogP contribution in [0.15, 0.2) is 28.7 Å². The highest BCUT2D eigenvalue weighted by Gasteiger charge is 2.34. The van der Waals surface area contributed by atoms with E-state index in [4.69, 9.17) is 9.15 Å². The van der Waals surface area contributed by atoms with Gasteiger partial charge >= 0.3 is 0 Å². The zero-order chi connectivity index (χ0) is 16.4. The van der Waals surface area contributed by atoms with Gasteiger partial charge in [-0.15, -0.1) is 10.2 Å². The van der Waals surface area contributed by atoms with Crippen LogP contribution in [0.4, 0.5) is 4.39 Å². The quantitative estimate of drug-likeness (QED) is 0.911. The molecule has 2 aromatic rings. The third kappa shape index (κ3) is 3.08. The Morgan fingerprint density at radius 1 is 1.12 bits per heavy atom. The maximum absolute atomic E-state index is 13.3. The minimum atomic E-state index is -0.239. The molecule has 1 saturated carbocycles. The summed E-state index contributed by atoms with van der Waals surface area (Å²) in [7, 11) is 0. The third-order valence-electron chi connectivity index (χ3n) is 5.26. The molecule has 1 saturated heterocycles. The maximum Gasteiger partial charge on any atom is 0.230 e. The average Bonchev–Trinajstić information content (AvgIpc) is 3.01. The van der Waals surface area contributed by atoms with Gasteiger partial charge in [0.15, 0.2) is 0 Å².